The van der Waals surface area contributed by atoms with Crippen LogP contribution in [-0.2, 0) is 23.1 Å². The highest BCUT2D eigenvalue weighted by Gasteiger charge is 2.30. The Labute approximate surface area is 196 Å². The first-order chi connectivity index (χ1) is 16.5. The summed E-state index contributed by atoms with van der Waals surface area (Å²) in [7, 11) is -4.49. The van der Waals surface area contributed by atoms with E-state index < -0.39 is 55.0 Å². The van der Waals surface area contributed by atoms with Crippen LogP contribution >= 0.6 is 7.82 Å². The van der Waals surface area contributed by atoms with Crippen LogP contribution in [0.3, 0.4) is 0 Å². The Morgan fingerprint density at radius 3 is 1.63 bits per heavy atom. The molecule has 4 heterocycles. The normalized spacial score (nSPS) is 25.2. The molecule has 14 nitrogen and oxygen atoms in total. The van der Waals surface area contributed by atoms with E-state index in [-0.39, 0.29) is 13.2 Å². The number of hydrogen-bond donors (Lipinski definition) is 3. The Kier molecular flexibility index (Phi) is 7.03. The molecule has 0 aromatic carbocycles. The van der Waals surface area contributed by atoms with Crippen molar-refractivity contribution in [3.63, 3.8) is 0 Å². The van der Waals surface area contributed by atoms with Crippen molar-refractivity contribution in [2.24, 2.45) is 0 Å². The Hall–Kier alpha value is -3.13. The molecule has 0 spiro atoms. The lowest BCUT2D eigenvalue weighted by Gasteiger charge is -2.19. The maximum absolute atomic E-state index is 12.3. The standard InChI is InChI=1S/C20H23N4O10P/c1-11-7-23(19(27)21-17(11)25)15-5-3-13(33-15)9-31-35(29,30)32-10-14-4-6-16(34-14)24-8-12(2)18(26)22-20(24)28/h3-8,13-16H,9-10H2,1-2H3,(H,29,30)(H,21,25,27)(H,22,26,28)/t13-,14-,15?,16?/m0/s1. The molecule has 0 aliphatic carbocycles. The molecule has 2 aliphatic heterocycles. The Balaban J connectivity index is 1.26. The van der Waals surface area contributed by atoms with Gasteiger partial charge >= 0.3 is 19.2 Å². The van der Waals surface area contributed by atoms with Crippen molar-refractivity contribution < 1.29 is 28.0 Å². The lowest BCUT2D eigenvalue weighted by Crippen LogP contribution is -2.33. The predicted molar refractivity (Wildman–Crippen MR) is 120 cm³/mol. The van der Waals surface area contributed by atoms with Crippen molar-refractivity contribution in [2.75, 3.05) is 13.2 Å². The van der Waals surface area contributed by atoms with Crippen LogP contribution in [0.25, 0.3) is 0 Å². The summed E-state index contributed by atoms with van der Waals surface area (Å²) in [5.74, 6) is 0. The highest BCUT2D eigenvalue weighted by atomic mass is 31.2. The van der Waals surface area contributed by atoms with Crippen molar-refractivity contribution in [1.29, 1.82) is 0 Å². The van der Waals surface area contributed by atoms with E-state index in [1.54, 1.807) is 38.2 Å². The quantitative estimate of drug-likeness (QED) is 0.316. The molecule has 15 heteroatoms. The second kappa shape index (κ2) is 9.85. The number of aromatic nitrogens is 4. The van der Waals surface area contributed by atoms with Gasteiger partial charge in [-0.25, -0.2) is 14.2 Å². The Bertz CT molecular complexity index is 1350. The molecular weight excluding hydrogens is 487 g/mol. The van der Waals surface area contributed by atoms with E-state index in [9.17, 15) is 28.6 Å². The Morgan fingerprint density at radius 1 is 0.829 bits per heavy atom. The number of nitrogens with one attached hydrogen (secondary N) is 2. The predicted octanol–water partition coefficient (Wildman–Crippen LogP) is -0.256. The third-order valence-electron chi connectivity index (χ3n) is 5.25. The molecule has 2 aromatic heterocycles. The van der Waals surface area contributed by atoms with Gasteiger partial charge in [0.25, 0.3) is 11.1 Å². The summed E-state index contributed by atoms with van der Waals surface area (Å²) in [5.41, 5.74) is -1.68. The number of hydrogen-bond acceptors (Lipinski definition) is 9. The average molecular weight is 510 g/mol. The first kappa shape index (κ1) is 25.0. The number of phosphoric acid groups is 1. The Morgan fingerprint density at radius 2 is 1.23 bits per heavy atom. The summed E-state index contributed by atoms with van der Waals surface area (Å²) in [6, 6.07) is 0. The topological polar surface area (TPSA) is 184 Å². The minimum absolute atomic E-state index is 0.320. The molecule has 0 saturated carbocycles. The van der Waals surface area contributed by atoms with Crippen LogP contribution in [-0.4, -0.2) is 49.4 Å². The maximum atomic E-state index is 12.3. The monoisotopic (exact) mass is 510 g/mol. The SMILES string of the molecule is Cc1cn(C2C=C[C@@H](COP(=O)(O)OC[C@@H]3C=CC(n4cc(C)c(=O)[nH]c4=O)O3)O2)c(=O)[nH]c1=O. The second-order valence-electron chi connectivity index (χ2n) is 7.92. The highest BCUT2D eigenvalue weighted by molar-refractivity contribution is 7.47. The molecule has 188 valence electrons. The fourth-order valence-corrected chi connectivity index (χ4v) is 4.15. The lowest BCUT2D eigenvalue weighted by molar-refractivity contribution is -0.0248. The first-order valence-corrected chi connectivity index (χ1v) is 12.0. The molecule has 3 N–H and O–H groups in total. The zero-order valence-electron chi connectivity index (χ0n) is 18.7. The first-order valence-electron chi connectivity index (χ1n) is 10.5. The van der Waals surface area contributed by atoms with Gasteiger partial charge in [0.05, 0.1) is 13.2 Å². The van der Waals surface area contributed by atoms with Crippen LogP contribution < -0.4 is 22.5 Å². The molecule has 0 saturated heterocycles. The van der Waals surface area contributed by atoms with E-state index in [0.29, 0.717) is 11.1 Å². The molecular formula is C20H23N4O10P. The summed E-state index contributed by atoms with van der Waals surface area (Å²) < 4.78 is 35.8. The number of ether oxygens (including phenoxy) is 2. The summed E-state index contributed by atoms with van der Waals surface area (Å²) in [6.07, 6.45) is 5.77. The van der Waals surface area contributed by atoms with Crippen LogP contribution in [0.2, 0.25) is 0 Å². The molecule has 0 radical (unpaired) electrons. The van der Waals surface area contributed by atoms with Crippen LogP contribution in [0.5, 0.6) is 0 Å². The fourth-order valence-electron chi connectivity index (χ4n) is 3.41. The highest BCUT2D eigenvalue weighted by Crippen LogP contribution is 2.44. The molecule has 4 atom stereocenters. The van der Waals surface area contributed by atoms with Gasteiger partial charge in [-0.2, -0.15) is 0 Å². The van der Waals surface area contributed by atoms with E-state index in [1.807, 2.05) is 0 Å². The molecule has 2 aromatic rings. The number of aromatic amines is 2. The van der Waals surface area contributed by atoms with Gasteiger partial charge in [0.1, 0.15) is 12.2 Å². The van der Waals surface area contributed by atoms with E-state index in [2.05, 4.69) is 9.97 Å². The second-order valence-corrected chi connectivity index (χ2v) is 9.37. The number of rotatable bonds is 8. The van der Waals surface area contributed by atoms with Gasteiger partial charge < -0.3 is 14.4 Å². The summed E-state index contributed by atoms with van der Waals surface area (Å²) >= 11 is 0. The molecule has 4 rings (SSSR count). The van der Waals surface area contributed by atoms with Gasteiger partial charge in [-0.3, -0.25) is 37.7 Å². The summed E-state index contributed by atoms with van der Waals surface area (Å²) in [4.78, 5) is 61.3. The van der Waals surface area contributed by atoms with Gasteiger partial charge in [-0.1, -0.05) is 12.2 Å². The van der Waals surface area contributed by atoms with Gasteiger partial charge in [0.2, 0.25) is 0 Å². The third kappa shape index (κ3) is 5.75. The van der Waals surface area contributed by atoms with E-state index in [4.69, 9.17) is 18.5 Å². The van der Waals surface area contributed by atoms with Gasteiger partial charge in [0.15, 0.2) is 12.5 Å². The third-order valence-corrected chi connectivity index (χ3v) is 6.20. The minimum atomic E-state index is -4.49. The van der Waals surface area contributed by atoms with E-state index in [0.717, 1.165) is 0 Å². The van der Waals surface area contributed by atoms with Crippen LogP contribution in [0.15, 0.2) is 55.9 Å². The number of H-pyrrole nitrogens is 2. The number of aryl methyl sites for hydroxylation is 2. The summed E-state index contributed by atoms with van der Waals surface area (Å²) in [5, 5.41) is 0. The average Bonchev–Trinajstić information content (AvgIpc) is 3.46. The lowest BCUT2D eigenvalue weighted by atomic mass is 10.3. The smallest absolute Gasteiger partial charge is 0.344 e. The molecule has 0 bridgehead atoms. The number of phosphoric ester groups is 1. The molecule has 2 unspecified atom stereocenters. The fraction of sp³-hybridized carbons (Fsp3) is 0.400. The van der Waals surface area contributed by atoms with Crippen molar-refractivity contribution in [2.45, 2.75) is 38.5 Å². The zero-order valence-corrected chi connectivity index (χ0v) is 19.5. The van der Waals surface area contributed by atoms with Gasteiger partial charge in [0, 0.05) is 23.5 Å². The van der Waals surface area contributed by atoms with Crippen LogP contribution in [0.4, 0.5) is 0 Å². The largest absolute Gasteiger partial charge is 0.472 e. The van der Waals surface area contributed by atoms with Gasteiger partial charge in [-0.15, -0.1) is 0 Å². The van der Waals surface area contributed by atoms with Gasteiger partial charge in [-0.05, 0) is 26.0 Å². The van der Waals surface area contributed by atoms with Crippen molar-refractivity contribution in [1.82, 2.24) is 19.1 Å². The summed E-state index contributed by atoms with van der Waals surface area (Å²) in [6.45, 7) is 2.40. The van der Waals surface area contributed by atoms with Crippen molar-refractivity contribution in [3.8, 4) is 0 Å². The molecule has 0 fully saturated rings. The van der Waals surface area contributed by atoms with E-state index in [1.165, 1.54) is 21.5 Å². The molecule has 0 amide bonds. The van der Waals surface area contributed by atoms with E-state index >= 15 is 0 Å². The van der Waals surface area contributed by atoms with Crippen molar-refractivity contribution >= 4 is 7.82 Å². The maximum Gasteiger partial charge on any atom is 0.472 e. The minimum Gasteiger partial charge on any atom is -0.344 e. The zero-order chi connectivity index (χ0) is 25.3. The molecule has 2 aliphatic rings. The number of nitrogens with zero attached hydrogens (tertiary/aromatic N) is 2. The van der Waals surface area contributed by atoms with Crippen LogP contribution in [0, 0.1) is 13.8 Å². The van der Waals surface area contributed by atoms with Crippen LogP contribution in [0.1, 0.15) is 23.6 Å². The molecule has 35 heavy (non-hydrogen) atoms. The van der Waals surface area contributed by atoms with Crippen molar-refractivity contribution in [3.05, 3.63) is 89.5 Å².